The molecule has 37 heavy (non-hydrogen) atoms. The van der Waals surface area contributed by atoms with Crippen molar-refractivity contribution >= 4 is 29.0 Å². The van der Waals surface area contributed by atoms with E-state index < -0.39 is 5.92 Å². The number of carbonyl (C=O) groups excluding carboxylic acids is 2. The van der Waals surface area contributed by atoms with Gasteiger partial charge in [-0.05, 0) is 47.7 Å². The predicted octanol–water partition coefficient (Wildman–Crippen LogP) is 5.13. The first-order valence-corrected chi connectivity index (χ1v) is 12.1. The van der Waals surface area contributed by atoms with Crippen molar-refractivity contribution in [2.75, 3.05) is 19.0 Å². The zero-order chi connectivity index (χ0) is 26.9. The second-order valence-electron chi connectivity index (χ2n) is 9.91. The third-order valence-electron chi connectivity index (χ3n) is 6.41. The normalized spacial score (nSPS) is 18.5. The lowest BCUT2D eigenvalue weighted by atomic mass is 9.70. The van der Waals surface area contributed by atoms with Gasteiger partial charge in [-0.25, -0.2) is 0 Å². The Balaban J connectivity index is 1.58. The summed E-state index contributed by atoms with van der Waals surface area (Å²) in [5.41, 5.74) is 8.53. The van der Waals surface area contributed by atoms with Crippen LogP contribution in [0.3, 0.4) is 0 Å². The van der Waals surface area contributed by atoms with E-state index >= 15 is 0 Å². The van der Waals surface area contributed by atoms with Crippen molar-refractivity contribution in [1.29, 1.82) is 5.26 Å². The van der Waals surface area contributed by atoms with Crippen molar-refractivity contribution in [2.24, 2.45) is 11.1 Å². The van der Waals surface area contributed by atoms with Gasteiger partial charge >= 0.3 is 0 Å². The number of amides is 1. The highest BCUT2D eigenvalue weighted by atomic mass is 35.5. The van der Waals surface area contributed by atoms with E-state index in [9.17, 15) is 14.9 Å². The van der Waals surface area contributed by atoms with Crippen LogP contribution in [0.4, 0.5) is 5.69 Å². The number of hydrogen-bond donors (Lipinski definition) is 2. The number of Topliss-reactive ketones (excluding diaryl/α,β-unsaturated/α-hetero) is 1. The summed E-state index contributed by atoms with van der Waals surface area (Å²) in [7, 11) is 1.47. The molecule has 9 heteroatoms. The molecule has 0 bridgehead atoms. The van der Waals surface area contributed by atoms with Crippen molar-refractivity contribution in [1.82, 2.24) is 0 Å². The van der Waals surface area contributed by atoms with Crippen molar-refractivity contribution in [3.8, 4) is 17.6 Å². The number of aryl methyl sites for hydroxylation is 1. The van der Waals surface area contributed by atoms with E-state index in [-0.39, 0.29) is 35.2 Å². The molecule has 0 radical (unpaired) electrons. The van der Waals surface area contributed by atoms with Crippen LogP contribution in [0.1, 0.15) is 43.7 Å². The monoisotopic (exact) mass is 521 g/mol. The van der Waals surface area contributed by atoms with Crippen LogP contribution in [0.5, 0.6) is 11.5 Å². The summed E-state index contributed by atoms with van der Waals surface area (Å²) in [6.07, 6.45) is 0.869. The molecular formula is C28H28ClN3O5. The van der Waals surface area contributed by atoms with Crippen LogP contribution in [0.15, 0.2) is 59.2 Å². The van der Waals surface area contributed by atoms with Crippen LogP contribution in [-0.2, 0) is 14.3 Å². The summed E-state index contributed by atoms with van der Waals surface area (Å²) in [4.78, 5) is 25.6. The van der Waals surface area contributed by atoms with Crippen molar-refractivity contribution in [2.45, 2.75) is 39.5 Å². The first-order valence-electron chi connectivity index (χ1n) is 11.7. The van der Waals surface area contributed by atoms with E-state index in [2.05, 4.69) is 11.4 Å². The molecule has 0 saturated heterocycles. The van der Waals surface area contributed by atoms with Gasteiger partial charge in [0, 0.05) is 29.1 Å². The fraction of sp³-hybridized carbons (Fsp3) is 0.321. The second-order valence-corrected chi connectivity index (χ2v) is 10.3. The van der Waals surface area contributed by atoms with Crippen LogP contribution in [0.2, 0.25) is 5.02 Å². The number of nitrogens with zero attached hydrogens (tertiary/aromatic N) is 1. The van der Waals surface area contributed by atoms with E-state index in [0.29, 0.717) is 51.9 Å². The SMILES string of the molecule is COc1cc(C2C(C#N)=C(N)OC3=C2C(=O)CC(C)(C)C3)ccc1OCC(=O)Nc1ccc(C)c(Cl)c1. The summed E-state index contributed by atoms with van der Waals surface area (Å²) in [6, 6.07) is 12.4. The molecule has 3 N–H and O–H groups in total. The van der Waals surface area contributed by atoms with Crippen LogP contribution in [-0.4, -0.2) is 25.4 Å². The number of hydrogen-bond acceptors (Lipinski definition) is 7. The van der Waals surface area contributed by atoms with Crippen LogP contribution < -0.4 is 20.5 Å². The standard InChI is InChI=1S/C28H28ClN3O5/c1-15-5-7-17(10-19(15)29)32-24(34)14-36-21-8-6-16(9-22(21)35-4)25-18(13-30)27(31)37-23-12-28(2,3)11-20(33)26(23)25/h5-10,25H,11-12,14,31H2,1-4H3,(H,32,34). The molecule has 0 aromatic heterocycles. The van der Waals surface area contributed by atoms with Gasteiger partial charge in [0.15, 0.2) is 23.9 Å². The zero-order valence-electron chi connectivity index (χ0n) is 21.1. The van der Waals surface area contributed by atoms with E-state index in [1.54, 1.807) is 30.3 Å². The number of ether oxygens (including phenoxy) is 3. The third kappa shape index (κ3) is 5.42. The van der Waals surface area contributed by atoms with Gasteiger partial charge < -0.3 is 25.3 Å². The summed E-state index contributed by atoms with van der Waals surface area (Å²) in [5, 5.41) is 13.1. The molecule has 1 unspecified atom stereocenters. The van der Waals surface area contributed by atoms with E-state index in [1.165, 1.54) is 7.11 Å². The molecular weight excluding hydrogens is 494 g/mol. The molecule has 2 aromatic rings. The Kier molecular flexibility index (Phi) is 7.19. The predicted molar refractivity (Wildman–Crippen MR) is 139 cm³/mol. The number of carbonyl (C=O) groups is 2. The van der Waals surface area contributed by atoms with Gasteiger partial charge in [-0.15, -0.1) is 0 Å². The lowest BCUT2D eigenvalue weighted by Crippen LogP contribution is -2.33. The number of nitrogens with two attached hydrogens (primary N) is 1. The van der Waals surface area contributed by atoms with Crippen molar-refractivity contribution < 1.29 is 23.8 Å². The van der Waals surface area contributed by atoms with Gasteiger partial charge in [0.2, 0.25) is 5.88 Å². The summed E-state index contributed by atoms with van der Waals surface area (Å²) in [6.45, 7) is 5.59. The minimum Gasteiger partial charge on any atom is -0.493 e. The number of halogens is 1. The number of anilines is 1. The maximum Gasteiger partial charge on any atom is 0.262 e. The highest BCUT2D eigenvalue weighted by Crippen LogP contribution is 2.48. The Hall–Kier alpha value is -3.96. The summed E-state index contributed by atoms with van der Waals surface area (Å²) < 4.78 is 17.0. The molecule has 1 aliphatic heterocycles. The topological polar surface area (TPSA) is 124 Å². The number of benzene rings is 2. The van der Waals surface area contributed by atoms with Gasteiger partial charge in [0.25, 0.3) is 5.91 Å². The van der Waals surface area contributed by atoms with E-state index in [0.717, 1.165) is 5.56 Å². The molecule has 192 valence electrons. The average Bonchev–Trinajstić information content (AvgIpc) is 2.83. The maximum atomic E-state index is 13.2. The third-order valence-corrected chi connectivity index (χ3v) is 6.82. The number of rotatable bonds is 6. The molecule has 8 nitrogen and oxygen atoms in total. The first-order chi connectivity index (χ1) is 17.5. The van der Waals surface area contributed by atoms with E-state index in [1.807, 2.05) is 26.8 Å². The van der Waals surface area contributed by atoms with Gasteiger partial charge in [-0.3, -0.25) is 9.59 Å². The summed E-state index contributed by atoms with van der Waals surface area (Å²) in [5.74, 6) is 0.0218. The van der Waals surface area contributed by atoms with Gasteiger partial charge in [-0.1, -0.05) is 37.6 Å². The fourth-order valence-electron chi connectivity index (χ4n) is 4.61. The molecule has 2 aliphatic rings. The smallest absolute Gasteiger partial charge is 0.262 e. The minimum atomic E-state index is -0.685. The zero-order valence-corrected chi connectivity index (χ0v) is 21.9. The van der Waals surface area contributed by atoms with Gasteiger partial charge in [0.05, 0.1) is 13.0 Å². The molecule has 1 heterocycles. The fourth-order valence-corrected chi connectivity index (χ4v) is 4.79. The number of ketones is 1. The molecule has 1 aliphatic carbocycles. The molecule has 0 saturated carbocycles. The highest BCUT2D eigenvalue weighted by Gasteiger charge is 2.43. The lowest BCUT2D eigenvalue weighted by Gasteiger charge is -2.37. The Labute approximate surface area is 220 Å². The molecule has 2 aromatic carbocycles. The van der Waals surface area contributed by atoms with Crippen LogP contribution in [0, 0.1) is 23.7 Å². The lowest BCUT2D eigenvalue weighted by molar-refractivity contribution is -0.119. The molecule has 0 fully saturated rings. The minimum absolute atomic E-state index is 0.0103. The number of nitriles is 1. The number of methoxy groups -OCH3 is 1. The van der Waals surface area contributed by atoms with Gasteiger partial charge in [0.1, 0.15) is 17.4 Å². The van der Waals surface area contributed by atoms with Crippen LogP contribution in [0.25, 0.3) is 0 Å². The maximum absolute atomic E-state index is 13.2. The van der Waals surface area contributed by atoms with Crippen LogP contribution >= 0.6 is 11.6 Å². The number of allylic oxidation sites excluding steroid dienone is 3. The Morgan fingerprint density at radius 1 is 1.24 bits per heavy atom. The van der Waals surface area contributed by atoms with Gasteiger partial charge in [-0.2, -0.15) is 5.26 Å². The average molecular weight is 522 g/mol. The molecule has 4 rings (SSSR count). The number of nitrogens with one attached hydrogen (secondary N) is 1. The highest BCUT2D eigenvalue weighted by molar-refractivity contribution is 6.31. The van der Waals surface area contributed by atoms with Crippen molar-refractivity contribution in [3.63, 3.8) is 0 Å². The largest absolute Gasteiger partial charge is 0.493 e. The Morgan fingerprint density at radius 2 is 2.00 bits per heavy atom. The van der Waals surface area contributed by atoms with Crippen molar-refractivity contribution in [3.05, 3.63) is 75.3 Å². The van der Waals surface area contributed by atoms with E-state index in [4.69, 9.17) is 31.5 Å². The first kappa shape index (κ1) is 26.1. The molecule has 0 spiro atoms. The molecule has 1 amide bonds. The Morgan fingerprint density at radius 3 is 2.68 bits per heavy atom. The molecule has 1 atom stereocenters. The quantitative estimate of drug-likeness (QED) is 0.540. The second kappa shape index (κ2) is 10.2. The summed E-state index contributed by atoms with van der Waals surface area (Å²) >= 11 is 6.12. The Bertz CT molecular complexity index is 1390.